The van der Waals surface area contributed by atoms with Crippen LogP contribution in [-0.2, 0) is 10.0 Å². The van der Waals surface area contributed by atoms with Gasteiger partial charge in [-0.05, 0) is 19.1 Å². The molecule has 0 amide bonds. The average Bonchev–Trinajstić information content (AvgIpc) is 2.22. The molecule has 4 nitrogen and oxygen atoms in total. The quantitative estimate of drug-likeness (QED) is 0.647. The maximum Gasteiger partial charge on any atom is 0.244 e. The summed E-state index contributed by atoms with van der Waals surface area (Å²) in [5.74, 6) is 1.11. The van der Waals surface area contributed by atoms with Crippen LogP contribution in [0.2, 0.25) is 5.02 Å². The van der Waals surface area contributed by atoms with Crippen LogP contribution < -0.4 is 10.5 Å². The van der Waals surface area contributed by atoms with E-state index >= 15 is 0 Å². The summed E-state index contributed by atoms with van der Waals surface area (Å²) in [7, 11) is -4.08. The summed E-state index contributed by atoms with van der Waals surface area (Å²) in [6.07, 6.45) is 5.03. The van der Waals surface area contributed by atoms with Gasteiger partial charge < -0.3 is 5.73 Å². The van der Waals surface area contributed by atoms with E-state index < -0.39 is 26.8 Å². The largest absolute Gasteiger partial charge is 0.396 e. The Morgan fingerprint density at radius 3 is 2.71 bits per heavy atom. The predicted octanol–water partition coefficient (Wildman–Crippen LogP) is 1.36. The lowest BCUT2D eigenvalue weighted by Gasteiger charge is -2.11. The lowest BCUT2D eigenvalue weighted by atomic mass is 10.3. The van der Waals surface area contributed by atoms with Gasteiger partial charge in [-0.3, -0.25) is 0 Å². The van der Waals surface area contributed by atoms with Crippen molar-refractivity contribution in [3.8, 4) is 12.3 Å². The second-order valence-electron chi connectivity index (χ2n) is 3.32. The van der Waals surface area contributed by atoms with E-state index in [0.29, 0.717) is 0 Å². The van der Waals surface area contributed by atoms with Crippen LogP contribution in [0.1, 0.15) is 6.92 Å². The fraction of sp³-hybridized carbons (Fsp3) is 0.200. The second kappa shape index (κ2) is 4.92. The summed E-state index contributed by atoms with van der Waals surface area (Å²) in [5.41, 5.74) is 4.95. The molecule has 1 rings (SSSR count). The maximum absolute atomic E-state index is 13.6. The van der Waals surface area contributed by atoms with Crippen molar-refractivity contribution in [2.45, 2.75) is 17.9 Å². The monoisotopic (exact) mass is 276 g/mol. The van der Waals surface area contributed by atoms with Crippen LogP contribution in [0.3, 0.4) is 0 Å². The Balaban J connectivity index is 3.30. The van der Waals surface area contributed by atoms with E-state index in [1.807, 2.05) is 0 Å². The summed E-state index contributed by atoms with van der Waals surface area (Å²) >= 11 is 5.62. The highest BCUT2D eigenvalue weighted by Crippen LogP contribution is 2.25. The normalized spacial score (nSPS) is 13.1. The minimum absolute atomic E-state index is 0.0256. The van der Waals surface area contributed by atoms with Gasteiger partial charge in [-0.25, -0.2) is 12.8 Å². The maximum atomic E-state index is 13.6. The van der Waals surface area contributed by atoms with Crippen molar-refractivity contribution in [2.24, 2.45) is 0 Å². The number of anilines is 1. The Hall–Kier alpha value is -1.29. The molecule has 0 saturated heterocycles. The van der Waals surface area contributed by atoms with E-state index in [1.165, 1.54) is 6.92 Å². The van der Waals surface area contributed by atoms with E-state index in [2.05, 4.69) is 10.6 Å². The van der Waals surface area contributed by atoms with E-state index in [-0.39, 0.29) is 10.7 Å². The number of hydrogen-bond donors (Lipinski definition) is 2. The van der Waals surface area contributed by atoms with E-state index in [1.54, 1.807) is 0 Å². The SMILES string of the molecule is C#CC(C)NS(=O)(=O)c1cc(Cl)cc(N)c1F. The molecule has 92 valence electrons. The molecule has 0 saturated carbocycles. The van der Waals surface area contributed by atoms with Gasteiger partial charge in [0.25, 0.3) is 0 Å². The van der Waals surface area contributed by atoms with Gasteiger partial charge in [-0.1, -0.05) is 17.5 Å². The molecule has 1 atom stereocenters. The minimum Gasteiger partial charge on any atom is -0.396 e. The first-order valence-corrected chi connectivity index (χ1v) is 6.37. The number of terminal acetylenes is 1. The zero-order valence-corrected chi connectivity index (χ0v) is 10.4. The van der Waals surface area contributed by atoms with E-state index in [4.69, 9.17) is 23.8 Å². The molecule has 0 aliphatic heterocycles. The molecule has 0 aromatic heterocycles. The Kier molecular flexibility index (Phi) is 3.98. The van der Waals surface area contributed by atoms with Gasteiger partial charge in [0, 0.05) is 5.02 Å². The molecular formula is C10H10ClFN2O2S. The fourth-order valence-corrected chi connectivity index (χ4v) is 2.70. The van der Waals surface area contributed by atoms with Gasteiger partial charge in [0.05, 0.1) is 11.7 Å². The van der Waals surface area contributed by atoms with Crippen molar-refractivity contribution in [3.63, 3.8) is 0 Å². The molecule has 0 aliphatic rings. The molecule has 0 heterocycles. The van der Waals surface area contributed by atoms with Crippen LogP contribution in [0.25, 0.3) is 0 Å². The van der Waals surface area contributed by atoms with E-state index in [9.17, 15) is 12.8 Å². The summed E-state index contributed by atoms with van der Waals surface area (Å²) in [5, 5.41) is 0.0256. The zero-order chi connectivity index (χ0) is 13.2. The smallest absolute Gasteiger partial charge is 0.244 e. The zero-order valence-electron chi connectivity index (χ0n) is 8.87. The number of nitrogen functional groups attached to an aromatic ring is 1. The fourth-order valence-electron chi connectivity index (χ4n) is 1.11. The summed E-state index contributed by atoms with van der Waals surface area (Å²) in [6.45, 7) is 1.45. The summed E-state index contributed by atoms with van der Waals surface area (Å²) < 4.78 is 39.2. The molecule has 0 bridgehead atoms. The molecule has 0 fully saturated rings. The Morgan fingerprint density at radius 2 is 2.18 bits per heavy atom. The number of sulfonamides is 1. The van der Waals surface area contributed by atoms with Gasteiger partial charge in [0.2, 0.25) is 10.0 Å². The first-order chi connectivity index (χ1) is 7.77. The van der Waals surface area contributed by atoms with E-state index in [0.717, 1.165) is 12.1 Å². The van der Waals surface area contributed by atoms with Crippen molar-refractivity contribution >= 4 is 27.3 Å². The molecule has 0 spiro atoms. The molecule has 7 heteroatoms. The van der Waals surface area contributed by atoms with Crippen LogP contribution in [0.5, 0.6) is 0 Å². The summed E-state index contributed by atoms with van der Waals surface area (Å²) in [4.78, 5) is -0.621. The number of nitrogens with two attached hydrogens (primary N) is 1. The number of benzene rings is 1. The highest BCUT2D eigenvalue weighted by molar-refractivity contribution is 7.89. The van der Waals surface area contributed by atoms with Crippen LogP contribution in [0, 0.1) is 18.2 Å². The van der Waals surface area contributed by atoms with Gasteiger partial charge in [-0.2, -0.15) is 4.72 Å². The van der Waals surface area contributed by atoms with Gasteiger partial charge in [0.1, 0.15) is 4.90 Å². The number of hydrogen-bond acceptors (Lipinski definition) is 3. The molecule has 0 aliphatic carbocycles. The average molecular weight is 277 g/mol. The minimum atomic E-state index is -4.08. The highest BCUT2D eigenvalue weighted by Gasteiger charge is 2.23. The molecule has 0 radical (unpaired) electrons. The highest BCUT2D eigenvalue weighted by atomic mass is 35.5. The topological polar surface area (TPSA) is 72.2 Å². The number of rotatable bonds is 3. The van der Waals surface area contributed by atoms with Crippen molar-refractivity contribution in [3.05, 3.63) is 23.0 Å². The molecule has 1 aromatic rings. The molecule has 3 N–H and O–H groups in total. The lowest BCUT2D eigenvalue weighted by molar-refractivity contribution is 0.556. The third-order valence-corrected chi connectivity index (χ3v) is 3.66. The van der Waals surface area contributed by atoms with Gasteiger partial charge in [0.15, 0.2) is 5.82 Å². The first kappa shape index (κ1) is 13.8. The Labute approximate surface area is 104 Å². The van der Waals surface area contributed by atoms with Crippen LogP contribution in [-0.4, -0.2) is 14.5 Å². The number of nitrogens with one attached hydrogen (secondary N) is 1. The second-order valence-corrected chi connectivity index (χ2v) is 5.44. The summed E-state index contributed by atoms with van der Waals surface area (Å²) in [6, 6.07) is 1.33. The first-order valence-electron chi connectivity index (χ1n) is 4.51. The van der Waals surface area contributed by atoms with Crippen molar-refractivity contribution < 1.29 is 12.8 Å². The standard InChI is InChI=1S/C10H10ClFN2O2S/c1-3-6(2)14-17(15,16)9-5-7(11)4-8(13)10(9)12/h1,4-6,14H,13H2,2H3. The van der Waals surface area contributed by atoms with Crippen LogP contribution in [0.4, 0.5) is 10.1 Å². The van der Waals surface area contributed by atoms with Crippen LogP contribution >= 0.6 is 11.6 Å². The van der Waals surface area contributed by atoms with Crippen molar-refractivity contribution in [2.75, 3.05) is 5.73 Å². The van der Waals surface area contributed by atoms with Crippen molar-refractivity contribution in [1.82, 2.24) is 4.72 Å². The van der Waals surface area contributed by atoms with Gasteiger partial charge in [-0.15, -0.1) is 6.42 Å². The Morgan fingerprint density at radius 1 is 1.59 bits per heavy atom. The van der Waals surface area contributed by atoms with Gasteiger partial charge >= 0.3 is 0 Å². The Bertz CT molecular complexity index is 581. The third-order valence-electron chi connectivity index (χ3n) is 1.90. The molecular weight excluding hydrogens is 267 g/mol. The molecule has 1 unspecified atom stereocenters. The van der Waals surface area contributed by atoms with Crippen molar-refractivity contribution in [1.29, 1.82) is 0 Å². The lowest BCUT2D eigenvalue weighted by Crippen LogP contribution is -2.32. The predicted molar refractivity (Wildman–Crippen MR) is 64.4 cm³/mol. The van der Waals surface area contributed by atoms with Crippen LogP contribution in [0.15, 0.2) is 17.0 Å². The molecule has 17 heavy (non-hydrogen) atoms. The molecule has 1 aromatic carbocycles. The third kappa shape index (κ3) is 3.09. The number of halogens is 2.